The smallest absolute Gasteiger partial charge is 0.238 e. The van der Waals surface area contributed by atoms with Crippen LogP contribution in [0.1, 0.15) is 45.2 Å². The van der Waals surface area contributed by atoms with Gasteiger partial charge in [0.25, 0.3) is 0 Å². The van der Waals surface area contributed by atoms with Crippen molar-refractivity contribution in [2.24, 2.45) is 11.8 Å². The van der Waals surface area contributed by atoms with Crippen LogP contribution in [-0.2, 0) is 9.59 Å². The number of anilines is 1. The fourth-order valence-electron chi connectivity index (χ4n) is 5.88. The molecule has 0 saturated carbocycles. The van der Waals surface area contributed by atoms with Crippen molar-refractivity contribution in [1.82, 2.24) is 0 Å². The number of rotatable bonds is 1. The molecule has 1 aliphatic heterocycles. The number of nitrogens with zero attached hydrogens (tertiary/aromatic N) is 1. The van der Waals surface area contributed by atoms with Crippen LogP contribution < -0.4 is 4.90 Å². The number of amides is 2. The van der Waals surface area contributed by atoms with Crippen molar-refractivity contribution in [3.05, 3.63) is 100 Å². The molecule has 0 unspecified atom stereocenters. The zero-order chi connectivity index (χ0) is 19.9. The van der Waals surface area contributed by atoms with E-state index in [4.69, 9.17) is 0 Å². The molecule has 0 radical (unpaired) electrons. The molecule has 2 bridgehead atoms. The molecule has 29 heavy (non-hydrogen) atoms. The van der Waals surface area contributed by atoms with Gasteiger partial charge in [-0.15, -0.1) is 0 Å². The molecule has 3 nitrogen and oxygen atoms in total. The Kier molecular flexibility index (Phi) is 3.27. The molecular formula is C26H21NO2. The number of imide groups is 1. The number of benzene rings is 3. The standard InChI is InChI=1S/C26H21NO2/c1-14-11-12-15(2)20(13-14)27-25(28)23-21-16-7-3-4-8-17(16)22(24(23)26(27)29)19-10-6-5-9-18(19)21/h3-13,21-24H,1-2H3/t21?,22?,23-,24-/m0/s1. The molecule has 7 rings (SSSR count). The van der Waals surface area contributed by atoms with Crippen LogP contribution in [0.3, 0.4) is 0 Å². The number of hydrogen-bond donors (Lipinski definition) is 0. The molecule has 3 aliphatic carbocycles. The summed E-state index contributed by atoms with van der Waals surface area (Å²) in [6, 6.07) is 22.7. The van der Waals surface area contributed by atoms with E-state index in [9.17, 15) is 9.59 Å². The van der Waals surface area contributed by atoms with Gasteiger partial charge in [-0.25, -0.2) is 4.90 Å². The van der Waals surface area contributed by atoms with Gasteiger partial charge in [-0.1, -0.05) is 60.7 Å². The second kappa shape index (κ2) is 5.66. The van der Waals surface area contributed by atoms with Crippen LogP contribution in [0.25, 0.3) is 0 Å². The average molecular weight is 379 g/mol. The predicted molar refractivity (Wildman–Crippen MR) is 112 cm³/mol. The first kappa shape index (κ1) is 16.7. The molecule has 2 atom stereocenters. The fourth-order valence-corrected chi connectivity index (χ4v) is 5.88. The Morgan fingerprint density at radius 3 is 1.55 bits per heavy atom. The van der Waals surface area contributed by atoms with Gasteiger partial charge in [0.2, 0.25) is 11.8 Å². The van der Waals surface area contributed by atoms with E-state index in [0.29, 0.717) is 0 Å². The average Bonchev–Trinajstić information content (AvgIpc) is 3.01. The van der Waals surface area contributed by atoms with Gasteiger partial charge in [0.15, 0.2) is 0 Å². The van der Waals surface area contributed by atoms with Crippen LogP contribution in [0.15, 0.2) is 66.7 Å². The predicted octanol–water partition coefficient (Wildman–Crippen LogP) is 4.70. The van der Waals surface area contributed by atoms with Gasteiger partial charge in [-0.3, -0.25) is 9.59 Å². The first-order valence-corrected chi connectivity index (χ1v) is 10.2. The second-order valence-corrected chi connectivity index (χ2v) is 8.57. The highest BCUT2D eigenvalue weighted by atomic mass is 16.2. The highest BCUT2D eigenvalue weighted by Crippen LogP contribution is 2.61. The maximum atomic E-state index is 13.7. The summed E-state index contributed by atoms with van der Waals surface area (Å²) >= 11 is 0. The fraction of sp³-hybridized carbons (Fsp3) is 0.231. The Morgan fingerprint density at radius 2 is 1.10 bits per heavy atom. The largest absolute Gasteiger partial charge is 0.274 e. The first-order chi connectivity index (χ1) is 14.1. The van der Waals surface area contributed by atoms with Gasteiger partial charge in [-0.2, -0.15) is 0 Å². The Morgan fingerprint density at radius 1 is 0.655 bits per heavy atom. The van der Waals surface area contributed by atoms with Crippen molar-refractivity contribution in [1.29, 1.82) is 0 Å². The Bertz CT molecular complexity index is 1100. The molecule has 3 aromatic rings. The molecule has 4 aliphatic rings. The van der Waals surface area contributed by atoms with Crippen molar-refractivity contribution < 1.29 is 9.59 Å². The second-order valence-electron chi connectivity index (χ2n) is 8.57. The van der Waals surface area contributed by atoms with Gasteiger partial charge >= 0.3 is 0 Å². The van der Waals surface area contributed by atoms with Crippen LogP contribution in [0.5, 0.6) is 0 Å². The molecule has 1 saturated heterocycles. The summed E-state index contributed by atoms with van der Waals surface area (Å²) in [6.07, 6.45) is 0. The summed E-state index contributed by atoms with van der Waals surface area (Å²) in [5, 5.41) is 0. The van der Waals surface area contributed by atoms with Gasteiger partial charge in [0.1, 0.15) is 0 Å². The Labute approximate surface area is 170 Å². The summed E-state index contributed by atoms with van der Waals surface area (Å²) in [6.45, 7) is 3.96. The monoisotopic (exact) mass is 379 g/mol. The maximum absolute atomic E-state index is 13.7. The lowest BCUT2D eigenvalue weighted by Crippen LogP contribution is -2.41. The van der Waals surface area contributed by atoms with Gasteiger partial charge in [-0.05, 0) is 53.3 Å². The SMILES string of the molecule is Cc1ccc(C)c(N2C(=O)[C@H]3C4c5ccccc5C(c5ccccc54)[C@@H]3C2=O)c1. The number of aryl methyl sites for hydroxylation is 2. The molecule has 2 amide bonds. The molecule has 0 N–H and O–H groups in total. The van der Waals surface area contributed by atoms with E-state index in [2.05, 4.69) is 24.3 Å². The Hall–Kier alpha value is -3.20. The van der Waals surface area contributed by atoms with E-state index in [1.54, 1.807) is 0 Å². The minimum Gasteiger partial charge on any atom is -0.274 e. The third-order valence-corrected chi connectivity index (χ3v) is 7.05. The molecule has 3 heteroatoms. The van der Waals surface area contributed by atoms with Gasteiger partial charge in [0.05, 0.1) is 17.5 Å². The molecule has 142 valence electrons. The number of carbonyl (C=O) groups excluding carboxylic acids is 2. The summed E-state index contributed by atoms with van der Waals surface area (Å²) in [5.74, 6) is -0.845. The van der Waals surface area contributed by atoms with Gasteiger partial charge < -0.3 is 0 Å². The lowest BCUT2D eigenvalue weighted by Gasteiger charge is -2.45. The van der Waals surface area contributed by atoms with Crippen LogP contribution >= 0.6 is 0 Å². The zero-order valence-electron chi connectivity index (χ0n) is 16.4. The maximum Gasteiger partial charge on any atom is 0.238 e. The summed E-state index contributed by atoms with van der Waals surface area (Å²) in [7, 11) is 0. The lowest BCUT2D eigenvalue weighted by molar-refractivity contribution is -0.122. The van der Waals surface area contributed by atoms with E-state index in [1.807, 2.05) is 56.3 Å². The molecule has 1 fully saturated rings. The van der Waals surface area contributed by atoms with Crippen molar-refractivity contribution in [3.63, 3.8) is 0 Å². The van der Waals surface area contributed by atoms with Crippen LogP contribution in [0, 0.1) is 25.7 Å². The molecule has 1 heterocycles. The van der Waals surface area contributed by atoms with Crippen molar-refractivity contribution in [3.8, 4) is 0 Å². The molecular weight excluding hydrogens is 358 g/mol. The van der Waals surface area contributed by atoms with E-state index < -0.39 is 0 Å². The summed E-state index contributed by atoms with van der Waals surface area (Å²) in [5.41, 5.74) is 7.58. The van der Waals surface area contributed by atoms with Crippen LogP contribution in [0.4, 0.5) is 5.69 Å². The van der Waals surface area contributed by atoms with E-state index in [-0.39, 0.29) is 35.5 Å². The van der Waals surface area contributed by atoms with E-state index >= 15 is 0 Å². The van der Waals surface area contributed by atoms with Crippen LogP contribution in [0.2, 0.25) is 0 Å². The number of carbonyl (C=O) groups is 2. The normalized spacial score (nSPS) is 26.3. The molecule has 0 spiro atoms. The molecule has 3 aromatic carbocycles. The Balaban J connectivity index is 1.58. The highest BCUT2D eigenvalue weighted by molar-refractivity contribution is 6.23. The van der Waals surface area contributed by atoms with Crippen molar-refractivity contribution in [2.75, 3.05) is 4.90 Å². The number of hydrogen-bond acceptors (Lipinski definition) is 2. The molecule has 0 aromatic heterocycles. The highest BCUT2D eigenvalue weighted by Gasteiger charge is 2.61. The van der Waals surface area contributed by atoms with Crippen LogP contribution in [-0.4, -0.2) is 11.8 Å². The minimum atomic E-state index is -0.322. The van der Waals surface area contributed by atoms with Gasteiger partial charge in [0, 0.05) is 11.8 Å². The minimum absolute atomic E-state index is 0.0484. The quantitative estimate of drug-likeness (QED) is 0.575. The third-order valence-electron chi connectivity index (χ3n) is 7.05. The zero-order valence-corrected chi connectivity index (χ0v) is 16.4. The lowest BCUT2D eigenvalue weighted by atomic mass is 9.55. The first-order valence-electron chi connectivity index (χ1n) is 10.2. The van der Waals surface area contributed by atoms with E-state index in [0.717, 1.165) is 16.8 Å². The third kappa shape index (κ3) is 2.02. The van der Waals surface area contributed by atoms with E-state index in [1.165, 1.54) is 27.2 Å². The summed E-state index contributed by atoms with van der Waals surface area (Å²) in [4.78, 5) is 28.9. The summed E-state index contributed by atoms with van der Waals surface area (Å²) < 4.78 is 0. The van der Waals surface area contributed by atoms with Crippen molar-refractivity contribution in [2.45, 2.75) is 25.7 Å². The van der Waals surface area contributed by atoms with Crippen molar-refractivity contribution >= 4 is 17.5 Å². The topological polar surface area (TPSA) is 37.4 Å².